The minimum Gasteiger partial charge on any atom is -0.495 e. The third-order valence-electron chi connectivity index (χ3n) is 6.28. The Morgan fingerprint density at radius 1 is 1.16 bits per heavy atom. The van der Waals surface area contributed by atoms with Gasteiger partial charge in [-0.2, -0.15) is 9.40 Å². The van der Waals surface area contributed by atoms with Crippen LogP contribution in [0.15, 0.2) is 29.2 Å². The normalized spacial score (nSPS) is 22.7. The van der Waals surface area contributed by atoms with Gasteiger partial charge in [0.05, 0.1) is 26.0 Å². The number of aromatic nitrogens is 2. The number of amides is 1. The molecule has 2 aliphatic heterocycles. The smallest absolute Gasteiger partial charge is 0.272 e. The molecule has 0 bridgehead atoms. The van der Waals surface area contributed by atoms with Crippen molar-refractivity contribution < 1.29 is 22.7 Å². The van der Waals surface area contributed by atoms with Crippen molar-refractivity contribution in [3.63, 3.8) is 0 Å². The fourth-order valence-corrected chi connectivity index (χ4v) is 6.09. The monoisotopic (exact) mass is 462 g/mol. The van der Waals surface area contributed by atoms with E-state index < -0.39 is 10.0 Å². The highest BCUT2D eigenvalue weighted by atomic mass is 32.2. The van der Waals surface area contributed by atoms with Crippen molar-refractivity contribution in [1.29, 1.82) is 0 Å². The quantitative estimate of drug-likeness (QED) is 0.732. The van der Waals surface area contributed by atoms with Crippen LogP contribution in [0.25, 0.3) is 11.3 Å². The van der Waals surface area contributed by atoms with Gasteiger partial charge in [0.15, 0.2) is 0 Å². The number of carbonyl (C=O) groups is 1. The van der Waals surface area contributed by atoms with Crippen LogP contribution >= 0.6 is 0 Å². The summed E-state index contributed by atoms with van der Waals surface area (Å²) in [4.78, 5) is 15.1. The number of likely N-dealkylation sites (tertiary alicyclic amines) is 1. The maximum absolute atomic E-state index is 13.2. The molecule has 1 amide bonds. The Balaban J connectivity index is 1.64. The average molecular weight is 463 g/mol. The Kier molecular flexibility index (Phi) is 6.55. The maximum atomic E-state index is 13.2. The molecule has 1 aromatic heterocycles. The number of methoxy groups -OCH3 is 1. The van der Waals surface area contributed by atoms with Crippen LogP contribution < -0.4 is 4.74 Å². The fraction of sp³-hybridized carbons (Fsp3) is 0.545. The SMILES string of the molecule is COc1ccc(-c2cc(C(=O)N3C(C)CCCC3C)[nH]n2)cc1S(=O)(=O)N1CCOCC1. The van der Waals surface area contributed by atoms with Crippen molar-refractivity contribution in [1.82, 2.24) is 19.4 Å². The van der Waals surface area contributed by atoms with Crippen LogP contribution in [0.4, 0.5) is 0 Å². The highest BCUT2D eigenvalue weighted by molar-refractivity contribution is 7.89. The molecule has 0 radical (unpaired) electrons. The number of ether oxygens (including phenoxy) is 2. The number of hydrogen-bond acceptors (Lipinski definition) is 6. The van der Waals surface area contributed by atoms with E-state index in [1.165, 1.54) is 11.4 Å². The number of morpholine rings is 1. The first-order chi connectivity index (χ1) is 15.3. The molecule has 9 nitrogen and oxygen atoms in total. The number of carbonyl (C=O) groups excluding carboxylic acids is 1. The molecule has 1 N–H and O–H groups in total. The lowest BCUT2D eigenvalue weighted by atomic mass is 9.97. The summed E-state index contributed by atoms with van der Waals surface area (Å²) in [7, 11) is -2.32. The Bertz CT molecular complexity index is 1070. The Labute approximate surface area is 188 Å². The van der Waals surface area contributed by atoms with Crippen molar-refractivity contribution in [2.75, 3.05) is 33.4 Å². The minimum atomic E-state index is -3.76. The van der Waals surface area contributed by atoms with Crippen LogP contribution in [-0.4, -0.2) is 79.2 Å². The lowest BCUT2D eigenvalue weighted by molar-refractivity contribution is 0.0504. The molecule has 174 valence electrons. The highest BCUT2D eigenvalue weighted by Crippen LogP contribution is 2.32. The number of sulfonamides is 1. The van der Waals surface area contributed by atoms with Gasteiger partial charge in [0.1, 0.15) is 16.3 Å². The third kappa shape index (κ3) is 4.26. The van der Waals surface area contributed by atoms with E-state index in [1.807, 2.05) is 4.90 Å². The van der Waals surface area contributed by atoms with E-state index in [-0.39, 0.29) is 28.6 Å². The second kappa shape index (κ2) is 9.21. The van der Waals surface area contributed by atoms with Crippen LogP contribution in [0.3, 0.4) is 0 Å². The van der Waals surface area contributed by atoms with Gasteiger partial charge in [0.25, 0.3) is 5.91 Å². The molecule has 2 atom stereocenters. The molecule has 10 heteroatoms. The fourth-order valence-electron chi connectivity index (χ4n) is 4.50. The van der Waals surface area contributed by atoms with Gasteiger partial charge < -0.3 is 14.4 Å². The van der Waals surface area contributed by atoms with E-state index >= 15 is 0 Å². The number of nitrogens with zero attached hydrogens (tertiary/aromatic N) is 3. The Morgan fingerprint density at radius 3 is 2.50 bits per heavy atom. The molecule has 1 aromatic carbocycles. The van der Waals surface area contributed by atoms with Crippen molar-refractivity contribution in [2.24, 2.45) is 0 Å². The van der Waals surface area contributed by atoms with E-state index in [4.69, 9.17) is 9.47 Å². The number of piperidine rings is 1. The molecule has 2 unspecified atom stereocenters. The Morgan fingerprint density at radius 2 is 1.84 bits per heavy atom. The van der Waals surface area contributed by atoms with Crippen LogP contribution in [0.5, 0.6) is 5.75 Å². The summed E-state index contributed by atoms with van der Waals surface area (Å²) in [5.41, 5.74) is 1.49. The molecule has 3 heterocycles. The van der Waals surface area contributed by atoms with Gasteiger partial charge >= 0.3 is 0 Å². The first-order valence-electron chi connectivity index (χ1n) is 11.0. The van der Waals surface area contributed by atoms with Gasteiger partial charge in [-0.15, -0.1) is 0 Å². The van der Waals surface area contributed by atoms with Crippen LogP contribution in [-0.2, 0) is 14.8 Å². The summed E-state index contributed by atoms with van der Waals surface area (Å²) in [5, 5.41) is 7.15. The molecule has 2 aromatic rings. The van der Waals surface area contributed by atoms with E-state index in [9.17, 15) is 13.2 Å². The molecule has 0 saturated carbocycles. The zero-order valence-electron chi connectivity index (χ0n) is 18.7. The molecular weight excluding hydrogens is 432 g/mol. The van der Waals surface area contributed by atoms with Gasteiger partial charge in [0, 0.05) is 30.7 Å². The van der Waals surface area contributed by atoms with E-state index in [0.29, 0.717) is 43.3 Å². The molecular formula is C22H30N4O5S. The summed E-state index contributed by atoms with van der Waals surface area (Å²) in [6, 6.07) is 6.94. The number of hydrogen-bond donors (Lipinski definition) is 1. The van der Waals surface area contributed by atoms with E-state index in [2.05, 4.69) is 24.0 Å². The molecule has 0 spiro atoms. The van der Waals surface area contributed by atoms with E-state index in [1.54, 1.807) is 24.3 Å². The summed E-state index contributed by atoms with van der Waals surface area (Å²) < 4.78 is 38.5. The van der Waals surface area contributed by atoms with Crippen molar-refractivity contribution in [2.45, 2.75) is 50.1 Å². The summed E-state index contributed by atoms with van der Waals surface area (Å²) >= 11 is 0. The van der Waals surface area contributed by atoms with Crippen LogP contribution in [0.1, 0.15) is 43.6 Å². The van der Waals surface area contributed by atoms with Crippen LogP contribution in [0, 0.1) is 0 Å². The minimum absolute atomic E-state index is 0.0774. The number of aromatic amines is 1. The zero-order valence-corrected chi connectivity index (χ0v) is 19.5. The highest BCUT2D eigenvalue weighted by Gasteiger charge is 2.32. The summed E-state index contributed by atoms with van der Waals surface area (Å²) in [6.45, 7) is 5.44. The summed E-state index contributed by atoms with van der Waals surface area (Å²) in [5.74, 6) is 0.182. The second-order valence-corrected chi connectivity index (χ2v) is 10.3. The van der Waals surface area contributed by atoms with Gasteiger partial charge in [-0.1, -0.05) is 0 Å². The molecule has 0 aliphatic carbocycles. The van der Waals surface area contributed by atoms with Crippen LogP contribution in [0.2, 0.25) is 0 Å². The van der Waals surface area contributed by atoms with Gasteiger partial charge in [-0.25, -0.2) is 8.42 Å². The maximum Gasteiger partial charge on any atom is 0.272 e. The second-order valence-electron chi connectivity index (χ2n) is 8.39. The molecule has 2 saturated heterocycles. The topological polar surface area (TPSA) is 105 Å². The third-order valence-corrected chi connectivity index (χ3v) is 8.20. The van der Waals surface area contributed by atoms with Gasteiger partial charge in [-0.3, -0.25) is 9.89 Å². The first-order valence-corrected chi connectivity index (χ1v) is 12.4. The predicted octanol–water partition coefficient (Wildman–Crippen LogP) is 2.51. The number of rotatable bonds is 5. The zero-order chi connectivity index (χ0) is 22.9. The lowest BCUT2D eigenvalue weighted by Crippen LogP contribution is -2.47. The number of nitrogens with one attached hydrogen (secondary N) is 1. The molecule has 4 rings (SSSR count). The van der Waals surface area contributed by atoms with Crippen molar-refractivity contribution in [3.8, 4) is 17.0 Å². The lowest BCUT2D eigenvalue weighted by Gasteiger charge is -2.38. The molecule has 32 heavy (non-hydrogen) atoms. The average Bonchev–Trinajstić information content (AvgIpc) is 3.29. The summed E-state index contributed by atoms with van der Waals surface area (Å²) in [6.07, 6.45) is 3.09. The van der Waals surface area contributed by atoms with Crippen molar-refractivity contribution >= 4 is 15.9 Å². The van der Waals surface area contributed by atoms with Crippen molar-refractivity contribution in [3.05, 3.63) is 30.0 Å². The molecule has 2 fully saturated rings. The van der Waals surface area contributed by atoms with Gasteiger partial charge in [0.2, 0.25) is 10.0 Å². The number of H-pyrrole nitrogens is 1. The van der Waals surface area contributed by atoms with Gasteiger partial charge in [-0.05, 0) is 57.4 Å². The standard InChI is InChI=1S/C22H30N4O5S/c1-15-5-4-6-16(2)26(15)22(27)19-14-18(23-24-19)17-7-8-20(30-3)21(13-17)32(28,29)25-9-11-31-12-10-25/h7-8,13-16H,4-6,9-12H2,1-3H3,(H,23,24). The van der Waals surface area contributed by atoms with E-state index in [0.717, 1.165) is 19.3 Å². The first kappa shape index (κ1) is 22.8. The largest absolute Gasteiger partial charge is 0.495 e. The molecule has 2 aliphatic rings. The number of benzene rings is 1. The Hall–Kier alpha value is -2.43. The predicted molar refractivity (Wildman–Crippen MR) is 119 cm³/mol.